The molecule has 0 aromatic heterocycles. The smallest absolute Gasteiger partial charge is 0.264 e. The van der Waals surface area contributed by atoms with Crippen molar-refractivity contribution in [1.82, 2.24) is 5.32 Å². The number of amides is 1. The first-order valence-electron chi connectivity index (χ1n) is 5.94. The van der Waals surface area contributed by atoms with Gasteiger partial charge in [-0.15, -0.1) is 0 Å². The highest BCUT2D eigenvalue weighted by molar-refractivity contribution is 8.13. The lowest BCUT2D eigenvalue weighted by molar-refractivity contribution is 0.0935. The monoisotopic (exact) mass is 339 g/mol. The molecule has 0 spiro atoms. The maximum atomic E-state index is 13.5. The molecule has 1 aliphatic carbocycles. The van der Waals surface area contributed by atoms with E-state index in [4.69, 9.17) is 22.3 Å². The van der Waals surface area contributed by atoms with Crippen molar-refractivity contribution >= 4 is 37.2 Å². The van der Waals surface area contributed by atoms with Crippen molar-refractivity contribution in [3.63, 3.8) is 0 Å². The second kappa shape index (κ2) is 5.50. The highest BCUT2D eigenvalue weighted by atomic mass is 35.7. The summed E-state index contributed by atoms with van der Waals surface area (Å²) in [6.07, 6.45) is 2.08. The van der Waals surface area contributed by atoms with Crippen molar-refractivity contribution < 1.29 is 17.6 Å². The molecule has 0 heterocycles. The number of carbonyl (C=O) groups excluding carboxylic acids is 1. The minimum absolute atomic E-state index is 0.0420. The zero-order chi connectivity index (χ0) is 15.1. The fourth-order valence-electron chi connectivity index (χ4n) is 1.89. The van der Waals surface area contributed by atoms with E-state index in [1.807, 2.05) is 6.92 Å². The third-order valence-electron chi connectivity index (χ3n) is 3.22. The van der Waals surface area contributed by atoms with Gasteiger partial charge in [-0.3, -0.25) is 4.79 Å². The van der Waals surface area contributed by atoms with E-state index in [1.165, 1.54) is 0 Å². The zero-order valence-corrected chi connectivity index (χ0v) is 12.8. The molecular weight excluding hydrogens is 328 g/mol. The normalized spacial score (nSPS) is 16.8. The third kappa shape index (κ3) is 3.42. The maximum Gasteiger partial charge on any atom is 0.264 e. The Kier molecular flexibility index (Phi) is 4.27. The van der Waals surface area contributed by atoms with Crippen LogP contribution in [0.1, 0.15) is 30.1 Å². The Balaban J connectivity index is 2.33. The second-order valence-corrected chi connectivity index (χ2v) is 7.74. The summed E-state index contributed by atoms with van der Waals surface area (Å²) >= 11 is 5.79. The van der Waals surface area contributed by atoms with Crippen molar-refractivity contribution in [2.24, 2.45) is 5.92 Å². The molecule has 4 nitrogen and oxygen atoms in total. The van der Waals surface area contributed by atoms with Crippen LogP contribution in [0.2, 0.25) is 5.02 Å². The minimum atomic E-state index is -4.28. The molecular formula is C12H12Cl2FNO3S. The van der Waals surface area contributed by atoms with Gasteiger partial charge in [0, 0.05) is 16.7 Å². The number of nitrogens with one attached hydrogen (secondary N) is 1. The van der Waals surface area contributed by atoms with Gasteiger partial charge in [0.2, 0.25) is 0 Å². The van der Waals surface area contributed by atoms with Crippen LogP contribution < -0.4 is 5.32 Å². The van der Waals surface area contributed by atoms with Gasteiger partial charge in [-0.05, 0) is 37.8 Å². The number of hydrogen-bond acceptors (Lipinski definition) is 3. The van der Waals surface area contributed by atoms with Crippen LogP contribution in [0.15, 0.2) is 17.0 Å². The van der Waals surface area contributed by atoms with Crippen molar-refractivity contribution in [1.29, 1.82) is 0 Å². The fourth-order valence-corrected chi connectivity index (χ4v) is 3.03. The van der Waals surface area contributed by atoms with Gasteiger partial charge in [0.1, 0.15) is 10.7 Å². The van der Waals surface area contributed by atoms with Gasteiger partial charge in [-0.1, -0.05) is 11.6 Å². The SMILES string of the molecule is CC(NC(=O)c1cc(S(=O)(=O)Cl)c(F)cc1Cl)C1CC1. The van der Waals surface area contributed by atoms with E-state index in [0.717, 1.165) is 25.0 Å². The Morgan fingerprint density at radius 2 is 2.05 bits per heavy atom. The Labute approximate surface area is 125 Å². The summed E-state index contributed by atoms with van der Waals surface area (Å²) in [5, 5.41) is 2.55. The molecule has 0 aliphatic heterocycles. The number of carbonyl (C=O) groups is 1. The topological polar surface area (TPSA) is 63.2 Å². The third-order valence-corrected chi connectivity index (χ3v) is 4.87. The molecule has 1 fully saturated rings. The van der Waals surface area contributed by atoms with Crippen LogP contribution in [0.3, 0.4) is 0 Å². The molecule has 20 heavy (non-hydrogen) atoms. The van der Waals surface area contributed by atoms with Crippen molar-refractivity contribution in [3.8, 4) is 0 Å². The molecule has 1 aliphatic rings. The molecule has 0 saturated heterocycles. The van der Waals surface area contributed by atoms with Gasteiger partial charge >= 0.3 is 0 Å². The van der Waals surface area contributed by atoms with E-state index in [9.17, 15) is 17.6 Å². The number of benzene rings is 1. The van der Waals surface area contributed by atoms with Crippen molar-refractivity contribution in [2.45, 2.75) is 30.7 Å². The molecule has 1 unspecified atom stereocenters. The number of halogens is 3. The van der Waals surface area contributed by atoms with E-state index in [2.05, 4.69) is 5.32 Å². The summed E-state index contributed by atoms with van der Waals surface area (Å²) in [7, 11) is 0.836. The van der Waals surface area contributed by atoms with E-state index in [0.29, 0.717) is 5.92 Å². The Morgan fingerprint density at radius 3 is 2.55 bits per heavy atom. The summed E-state index contributed by atoms with van der Waals surface area (Å²) in [6, 6.07) is 1.59. The van der Waals surface area contributed by atoms with Crippen LogP contribution in [-0.4, -0.2) is 20.4 Å². The summed E-state index contributed by atoms with van der Waals surface area (Å²) in [6.45, 7) is 1.85. The first-order chi connectivity index (χ1) is 9.20. The molecule has 2 rings (SSSR count). The van der Waals surface area contributed by atoms with Crippen LogP contribution in [0, 0.1) is 11.7 Å². The zero-order valence-electron chi connectivity index (χ0n) is 10.5. The highest BCUT2D eigenvalue weighted by Gasteiger charge is 2.30. The summed E-state index contributed by atoms with van der Waals surface area (Å²) in [5.41, 5.74) is -0.111. The lowest BCUT2D eigenvalue weighted by Gasteiger charge is -2.14. The molecule has 1 saturated carbocycles. The van der Waals surface area contributed by atoms with Gasteiger partial charge in [0.25, 0.3) is 15.0 Å². The highest BCUT2D eigenvalue weighted by Crippen LogP contribution is 2.33. The first-order valence-corrected chi connectivity index (χ1v) is 8.63. The van der Waals surface area contributed by atoms with Crippen LogP contribution >= 0.6 is 22.3 Å². The van der Waals surface area contributed by atoms with Gasteiger partial charge in [0.05, 0.1) is 10.6 Å². The average molecular weight is 340 g/mol. The van der Waals surface area contributed by atoms with Gasteiger partial charge in [-0.2, -0.15) is 0 Å². The van der Waals surface area contributed by atoms with Crippen LogP contribution in [-0.2, 0) is 9.05 Å². The predicted molar refractivity (Wildman–Crippen MR) is 74.1 cm³/mol. The lowest BCUT2D eigenvalue weighted by atomic mass is 10.1. The van der Waals surface area contributed by atoms with Crippen molar-refractivity contribution in [2.75, 3.05) is 0 Å². The molecule has 1 N–H and O–H groups in total. The van der Waals surface area contributed by atoms with Gasteiger partial charge in [0.15, 0.2) is 0 Å². The molecule has 1 atom stereocenters. The molecule has 1 aromatic carbocycles. The lowest BCUT2D eigenvalue weighted by Crippen LogP contribution is -2.34. The summed E-state index contributed by atoms with van der Waals surface area (Å²) < 4.78 is 36.0. The molecule has 1 amide bonds. The Hall–Kier alpha value is -0.850. The number of hydrogen-bond donors (Lipinski definition) is 1. The van der Waals surface area contributed by atoms with Gasteiger partial charge < -0.3 is 5.32 Å². The maximum absolute atomic E-state index is 13.5. The Bertz CT molecular complexity index is 659. The summed E-state index contributed by atoms with van der Waals surface area (Å²) in [4.78, 5) is 11.3. The molecule has 1 aromatic rings. The van der Waals surface area contributed by atoms with Gasteiger partial charge in [-0.25, -0.2) is 12.8 Å². The standard InChI is InChI=1S/C12H12Cl2FNO3S/c1-6(7-2-3-7)16-12(17)8-4-11(20(14,18)19)10(15)5-9(8)13/h4-7H,2-3H2,1H3,(H,16,17). The Morgan fingerprint density at radius 1 is 1.45 bits per heavy atom. The molecule has 0 radical (unpaired) electrons. The summed E-state index contributed by atoms with van der Waals surface area (Å²) in [5.74, 6) is -1.21. The van der Waals surface area contributed by atoms with E-state index < -0.39 is 25.7 Å². The number of rotatable bonds is 4. The van der Waals surface area contributed by atoms with Crippen LogP contribution in [0.4, 0.5) is 4.39 Å². The quantitative estimate of drug-likeness (QED) is 0.857. The first kappa shape index (κ1) is 15.5. The second-order valence-electron chi connectivity index (χ2n) is 4.80. The van der Waals surface area contributed by atoms with Crippen LogP contribution in [0.5, 0.6) is 0 Å². The molecule has 8 heteroatoms. The fraction of sp³-hybridized carbons (Fsp3) is 0.417. The van der Waals surface area contributed by atoms with Crippen LogP contribution in [0.25, 0.3) is 0 Å². The van der Waals surface area contributed by atoms with Crippen molar-refractivity contribution in [3.05, 3.63) is 28.5 Å². The van der Waals surface area contributed by atoms with E-state index >= 15 is 0 Å². The predicted octanol–water partition coefficient (Wildman–Crippen LogP) is 2.93. The minimum Gasteiger partial charge on any atom is -0.349 e. The molecule has 110 valence electrons. The van der Waals surface area contributed by atoms with E-state index in [-0.39, 0.29) is 16.6 Å². The largest absolute Gasteiger partial charge is 0.349 e. The van der Waals surface area contributed by atoms with E-state index in [1.54, 1.807) is 0 Å². The average Bonchev–Trinajstić information content (AvgIpc) is 3.10. The molecule has 0 bridgehead atoms.